The molecule has 0 atom stereocenters. The summed E-state index contributed by atoms with van der Waals surface area (Å²) in [6.45, 7) is 6.98. The van der Waals surface area contributed by atoms with Gasteiger partial charge in [-0.3, -0.25) is 0 Å². The van der Waals surface area contributed by atoms with Gasteiger partial charge in [-0.1, -0.05) is 0 Å². The van der Waals surface area contributed by atoms with Crippen LogP contribution in [0.15, 0.2) is 24.8 Å². The van der Waals surface area contributed by atoms with Crippen LogP contribution in [-0.4, -0.2) is 33.0 Å². The van der Waals surface area contributed by atoms with Gasteiger partial charge in [0.1, 0.15) is 0 Å². The summed E-state index contributed by atoms with van der Waals surface area (Å²) in [6, 6.07) is 0. The standard InChI is InChI=1S/C6H4N3.3C4H9.Sn/c1-2-8-9-4-3-7-5-6(1)9;3*1-3-4-2;/h2-5H;3*1,3-4H2,2H3;. The summed E-state index contributed by atoms with van der Waals surface area (Å²) in [7, 11) is 0. The number of aromatic nitrogens is 3. The number of rotatable bonds is 10. The van der Waals surface area contributed by atoms with Gasteiger partial charge in [0.25, 0.3) is 0 Å². The molecule has 0 bridgehead atoms. The molecule has 4 heteroatoms. The van der Waals surface area contributed by atoms with Crippen LogP contribution in [0.3, 0.4) is 0 Å². The van der Waals surface area contributed by atoms with E-state index in [9.17, 15) is 0 Å². The van der Waals surface area contributed by atoms with Gasteiger partial charge in [-0.2, -0.15) is 0 Å². The molecule has 2 aromatic heterocycles. The third kappa shape index (κ3) is 4.03. The first kappa shape index (κ1) is 17.8. The Kier molecular flexibility index (Phi) is 7.19. The summed E-state index contributed by atoms with van der Waals surface area (Å²) < 4.78 is 8.14. The van der Waals surface area contributed by atoms with Crippen LogP contribution in [0.2, 0.25) is 13.3 Å². The molecular formula is C18H31N3Sn. The molecule has 0 saturated carbocycles. The number of nitrogens with zero attached hydrogens (tertiary/aromatic N) is 3. The van der Waals surface area contributed by atoms with Gasteiger partial charge >= 0.3 is 139 Å². The van der Waals surface area contributed by atoms with Crippen molar-refractivity contribution >= 4 is 27.5 Å². The van der Waals surface area contributed by atoms with Gasteiger partial charge in [0.15, 0.2) is 0 Å². The Balaban J connectivity index is 2.42. The molecule has 3 nitrogen and oxygen atoms in total. The van der Waals surface area contributed by atoms with Crippen molar-refractivity contribution in [1.29, 1.82) is 0 Å². The monoisotopic (exact) mass is 409 g/mol. The summed E-state index contributed by atoms with van der Waals surface area (Å²) in [4.78, 5) is 4.37. The zero-order chi connectivity index (χ0) is 15.8. The Morgan fingerprint density at radius 3 is 2.05 bits per heavy atom. The van der Waals surface area contributed by atoms with Gasteiger partial charge in [-0.15, -0.1) is 0 Å². The molecular weight excluding hydrogens is 377 g/mol. The Bertz CT molecular complexity index is 542. The summed E-state index contributed by atoms with van der Waals surface area (Å²) in [6.07, 6.45) is 16.2. The van der Waals surface area contributed by atoms with Gasteiger partial charge in [0, 0.05) is 0 Å². The van der Waals surface area contributed by atoms with E-state index in [1.165, 1.54) is 57.4 Å². The van der Waals surface area contributed by atoms with Crippen molar-refractivity contribution in [2.45, 2.75) is 72.6 Å². The number of fused-ring (bicyclic) bond motifs is 1. The topological polar surface area (TPSA) is 30.2 Å². The molecule has 0 spiro atoms. The average molecular weight is 408 g/mol. The van der Waals surface area contributed by atoms with Crippen molar-refractivity contribution in [1.82, 2.24) is 14.6 Å². The van der Waals surface area contributed by atoms with E-state index in [4.69, 9.17) is 0 Å². The molecule has 0 aliphatic carbocycles. The minimum absolute atomic E-state index is 1.29. The number of hydrogen-bond donors (Lipinski definition) is 0. The predicted molar refractivity (Wildman–Crippen MR) is 97.5 cm³/mol. The van der Waals surface area contributed by atoms with E-state index in [-0.39, 0.29) is 0 Å². The molecule has 0 aliphatic heterocycles. The average Bonchev–Trinajstić information content (AvgIpc) is 2.99. The van der Waals surface area contributed by atoms with Crippen molar-refractivity contribution in [2.75, 3.05) is 0 Å². The van der Waals surface area contributed by atoms with Crippen molar-refractivity contribution in [2.24, 2.45) is 0 Å². The molecule has 0 saturated heterocycles. The Morgan fingerprint density at radius 1 is 0.909 bits per heavy atom. The van der Waals surface area contributed by atoms with Crippen molar-refractivity contribution in [3.63, 3.8) is 0 Å². The van der Waals surface area contributed by atoms with Crippen molar-refractivity contribution < 1.29 is 0 Å². The molecule has 2 heterocycles. The summed E-state index contributed by atoms with van der Waals surface area (Å²) in [5.41, 5.74) is 1.29. The first-order chi connectivity index (χ1) is 10.8. The first-order valence-corrected chi connectivity index (χ1v) is 16.5. The molecule has 0 unspecified atom stereocenters. The Labute approximate surface area is 139 Å². The SMILES string of the molecule is CCC[CH2][Sn]([CH2]CCC)([CH2]CCC)[c]1cnn2ccncc12. The molecule has 22 heavy (non-hydrogen) atoms. The van der Waals surface area contributed by atoms with E-state index >= 15 is 0 Å². The third-order valence-electron chi connectivity index (χ3n) is 4.92. The maximum atomic E-state index is 4.64. The van der Waals surface area contributed by atoms with Crippen molar-refractivity contribution in [3.8, 4) is 0 Å². The van der Waals surface area contributed by atoms with E-state index in [1.807, 2.05) is 23.1 Å². The van der Waals surface area contributed by atoms with Crippen LogP contribution in [0.1, 0.15) is 59.3 Å². The molecule has 0 radical (unpaired) electrons. The number of hydrogen-bond acceptors (Lipinski definition) is 2. The van der Waals surface area contributed by atoms with Crippen LogP contribution in [-0.2, 0) is 0 Å². The fraction of sp³-hybridized carbons (Fsp3) is 0.667. The van der Waals surface area contributed by atoms with Gasteiger partial charge in [-0.25, -0.2) is 0 Å². The van der Waals surface area contributed by atoms with E-state index in [0.717, 1.165) is 0 Å². The van der Waals surface area contributed by atoms with E-state index in [1.54, 1.807) is 3.58 Å². The summed E-state index contributed by atoms with van der Waals surface area (Å²) in [5, 5.41) is 4.64. The van der Waals surface area contributed by atoms with E-state index < -0.39 is 18.4 Å². The molecule has 0 N–H and O–H groups in total. The fourth-order valence-electron chi connectivity index (χ4n) is 3.57. The third-order valence-corrected chi connectivity index (χ3v) is 20.5. The Hall–Kier alpha value is -0.581. The maximum absolute atomic E-state index is 4.64. The minimum atomic E-state index is -2.37. The van der Waals surface area contributed by atoms with Gasteiger partial charge in [-0.05, 0) is 0 Å². The molecule has 2 rings (SSSR count). The van der Waals surface area contributed by atoms with E-state index in [2.05, 4.69) is 37.1 Å². The molecule has 0 aromatic carbocycles. The van der Waals surface area contributed by atoms with Crippen LogP contribution >= 0.6 is 0 Å². The van der Waals surface area contributed by atoms with Gasteiger partial charge in [0.05, 0.1) is 0 Å². The fourth-order valence-corrected chi connectivity index (χ4v) is 19.8. The van der Waals surface area contributed by atoms with Gasteiger partial charge in [0.2, 0.25) is 0 Å². The van der Waals surface area contributed by atoms with Crippen LogP contribution in [0, 0.1) is 0 Å². The quantitative estimate of drug-likeness (QED) is 0.530. The summed E-state index contributed by atoms with van der Waals surface area (Å²) >= 11 is -2.37. The molecule has 0 fully saturated rings. The Morgan fingerprint density at radius 2 is 1.50 bits per heavy atom. The summed E-state index contributed by atoms with van der Waals surface area (Å²) in [5.74, 6) is 0. The second-order valence-corrected chi connectivity index (χ2v) is 19.7. The molecule has 0 aliphatic rings. The number of unbranched alkanes of at least 4 members (excludes halogenated alkanes) is 3. The first-order valence-electron chi connectivity index (χ1n) is 9.05. The van der Waals surface area contributed by atoms with E-state index in [0.29, 0.717) is 0 Å². The van der Waals surface area contributed by atoms with Crippen LogP contribution < -0.4 is 3.58 Å². The predicted octanol–water partition coefficient (Wildman–Crippen LogP) is 4.79. The molecule has 122 valence electrons. The zero-order valence-electron chi connectivity index (χ0n) is 14.5. The van der Waals surface area contributed by atoms with Crippen molar-refractivity contribution in [3.05, 3.63) is 24.8 Å². The second-order valence-electron chi connectivity index (χ2n) is 6.56. The van der Waals surface area contributed by atoms with Crippen LogP contribution in [0.25, 0.3) is 5.52 Å². The van der Waals surface area contributed by atoms with Crippen LogP contribution in [0.5, 0.6) is 0 Å². The van der Waals surface area contributed by atoms with Gasteiger partial charge < -0.3 is 0 Å². The second kappa shape index (κ2) is 8.90. The zero-order valence-corrected chi connectivity index (χ0v) is 17.4. The molecule has 0 amide bonds. The van der Waals surface area contributed by atoms with Crippen LogP contribution in [0.4, 0.5) is 0 Å². The normalized spacial score (nSPS) is 12.1. The molecule has 2 aromatic rings.